The number of hydrogen-bond acceptors (Lipinski definition) is 3. The van der Waals surface area contributed by atoms with Crippen LogP contribution in [0.15, 0.2) is 24.3 Å². The first-order chi connectivity index (χ1) is 7.22. The number of hydrogen-bond donors (Lipinski definition) is 0. The van der Waals surface area contributed by atoms with Gasteiger partial charge in [-0.25, -0.2) is 4.79 Å². The van der Waals surface area contributed by atoms with E-state index in [4.69, 9.17) is 21.1 Å². The van der Waals surface area contributed by atoms with Crippen molar-refractivity contribution < 1.29 is 14.3 Å². The highest BCUT2D eigenvalue weighted by Gasteiger charge is 2.47. The van der Waals surface area contributed by atoms with Gasteiger partial charge in [0.1, 0.15) is 6.10 Å². The van der Waals surface area contributed by atoms with Crippen molar-refractivity contribution in [2.24, 2.45) is 0 Å². The molecular formula is C11H11ClO3. The molecule has 1 fully saturated rings. The minimum Gasteiger partial charge on any atom is -0.464 e. The number of epoxide rings is 1. The van der Waals surface area contributed by atoms with Gasteiger partial charge in [0.05, 0.1) is 6.61 Å². The SMILES string of the molecule is CCOC(=O)[C@@H]1O[C@H]1c1cccc(Cl)c1. The molecule has 0 spiro atoms. The van der Waals surface area contributed by atoms with Crippen LogP contribution in [0.5, 0.6) is 0 Å². The van der Waals surface area contributed by atoms with Crippen molar-refractivity contribution >= 4 is 17.6 Å². The second-order valence-electron chi connectivity index (χ2n) is 3.28. The van der Waals surface area contributed by atoms with Crippen molar-refractivity contribution in [3.8, 4) is 0 Å². The van der Waals surface area contributed by atoms with Gasteiger partial charge in [-0.05, 0) is 24.6 Å². The first kappa shape index (κ1) is 10.5. The van der Waals surface area contributed by atoms with Crippen LogP contribution >= 0.6 is 11.6 Å². The second-order valence-corrected chi connectivity index (χ2v) is 3.72. The fourth-order valence-electron chi connectivity index (χ4n) is 1.45. The Balaban J connectivity index is 2.01. The number of rotatable bonds is 3. The van der Waals surface area contributed by atoms with Gasteiger partial charge in [0, 0.05) is 5.02 Å². The van der Waals surface area contributed by atoms with Gasteiger partial charge in [-0.1, -0.05) is 23.7 Å². The van der Waals surface area contributed by atoms with Gasteiger partial charge < -0.3 is 9.47 Å². The summed E-state index contributed by atoms with van der Waals surface area (Å²) < 4.78 is 10.1. The van der Waals surface area contributed by atoms with E-state index in [2.05, 4.69) is 0 Å². The van der Waals surface area contributed by atoms with E-state index in [1.54, 1.807) is 19.1 Å². The largest absolute Gasteiger partial charge is 0.464 e. The molecule has 0 saturated carbocycles. The zero-order valence-electron chi connectivity index (χ0n) is 8.27. The lowest BCUT2D eigenvalue weighted by atomic mass is 10.1. The van der Waals surface area contributed by atoms with Crippen molar-refractivity contribution in [3.05, 3.63) is 34.9 Å². The Kier molecular flexibility index (Phi) is 2.93. The number of benzene rings is 1. The number of halogens is 1. The second kappa shape index (κ2) is 4.21. The van der Waals surface area contributed by atoms with E-state index in [0.29, 0.717) is 11.6 Å². The summed E-state index contributed by atoms with van der Waals surface area (Å²) in [6.45, 7) is 2.15. The third kappa shape index (κ3) is 2.30. The lowest BCUT2D eigenvalue weighted by Crippen LogP contribution is -2.11. The molecule has 0 N–H and O–H groups in total. The number of carbonyl (C=O) groups is 1. The Labute approximate surface area is 92.9 Å². The zero-order chi connectivity index (χ0) is 10.8. The molecular weight excluding hydrogens is 216 g/mol. The van der Waals surface area contributed by atoms with Crippen LogP contribution in [0.2, 0.25) is 5.02 Å². The molecule has 1 aromatic carbocycles. The Morgan fingerprint density at radius 1 is 1.60 bits per heavy atom. The summed E-state index contributed by atoms with van der Waals surface area (Å²) in [5.41, 5.74) is 0.917. The number of esters is 1. The highest BCUT2D eigenvalue weighted by molar-refractivity contribution is 6.30. The van der Waals surface area contributed by atoms with Crippen LogP contribution in [0, 0.1) is 0 Å². The van der Waals surface area contributed by atoms with Gasteiger partial charge in [0.25, 0.3) is 0 Å². The van der Waals surface area contributed by atoms with Crippen molar-refractivity contribution in [1.29, 1.82) is 0 Å². The van der Waals surface area contributed by atoms with E-state index < -0.39 is 6.10 Å². The summed E-state index contributed by atoms with van der Waals surface area (Å²) in [5, 5.41) is 0.644. The minimum atomic E-state index is -0.455. The molecule has 0 aromatic heterocycles. The Hall–Kier alpha value is -1.06. The van der Waals surface area contributed by atoms with E-state index in [9.17, 15) is 4.79 Å². The van der Waals surface area contributed by atoms with E-state index in [1.807, 2.05) is 12.1 Å². The van der Waals surface area contributed by atoms with Gasteiger partial charge in [-0.15, -0.1) is 0 Å². The van der Waals surface area contributed by atoms with E-state index in [0.717, 1.165) is 5.56 Å². The molecule has 0 amide bonds. The lowest BCUT2D eigenvalue weighted by Gasteiger charge is -1.98. The maximum atomic E-state index is 11.3. The van der Waals surface area contributed by atoms with Crippen molar-refractivity contribution in [2.75, 3.05) is 6.61 Å². The molecule has 0 bridgehead atoms. The summed E-state index contributed by atoms with van der Waals surface area (Å²) in [4.78, 5) is 11.3. The fourth-order valence-corrected chi connectivity index (χ4v) is 1.65. The van der Waals surface area contributed by atoms with Crippen LogP contribution < -0.4 is 0 Å². The van der Waals surface area contributed by atoms with Crippen molar-refractivity contribution in [2.45, 2.75) is 19.1 Å². The molecule has 0 unspecified atom stereocenters. The molecule has 2 atom stereocenters. The molecule has 80 valence electrons. The van der Waals surface area contributed by atoms with Crippen LogP contribution in [0.25, 0.3) is 0 Å². The predicted octanol–water partition coefficient (Wildman–Crippen LogP) is 2.34. The monoisotopic (exact) mass is 226 g/mol. The Morgan fingerprint density at radius 3 is 3.07 bits per heavy atom. The lowest BCUT2D eigenvalue weighted by molar-refractivity contribution is -0.144. The molecule has 1 saturated heterocycles. The standard InChI is InChI=1S/C11H11ClO3/c1-2-14-11(13)10-9(15-10)7-4-3-5-8(12)6-7/h3-6,9-10H,2H2,1H3/t9-,10+/m0/s1. The van der Waals surface area contributed by atoms with Crippen molar-refractivity contribution in [3.63, 3.8) is 0 Å². The summed E-state index contributed by atoms with van der Waals surface area (Å²) in [5.74, 6) is -0.303. The molecule has 0 aliphatic carbocycles. The highest BCUT2D eigenvalue weighted by atomic mass is 35.5. The molecule has 2 rings (SSSR count). The van der Waals surface area contributed by atoms with E-state index in [1.165, 1.54) is 0 Å². The van der Waals surface area contributed by atoms with Crippen LogP contribution in [0.3, 0.4) is 0 Å². The summed E-state index contributed by atoms with van der Waals surface area (Å²) >= 11 is 5.83. The third-order valence-electron chi connectivity index (χ3n) is 2.19. The molecule has 4 heteroatoms. The quantitative estimate of drug-likeness (QED) is 0.587. The molecule has 15 heavy (non-hydrogen) atoms. The predicted molar refractivity (Wildman–Crippen MR) is 55.7 cm³/mol. The molecule has 0 radical (unpaired) electrons. The molecule has 1 aromatic rings. The molecule has 1 aliphatic rings. The maximum absolute atomic E-state index is 11.3. The first-order valence-corrected chi connectivity index (χ1v) is 5.17. The van der Waals surface area contributed by atoms with E-state index >= 15 is 0 Å². The maximum Gasteiger partial charge on any atom is 0.338 e. The van der Waals surface area contributed by atoms with Gasteiger partial charge >= 0.3 is 5.97 Å². The first-order valence-electron chi connectivity index (χ1n) is 4.80. The van der Waals surface area contributed by atoms with Gasteiger partial charge in [-0.2, -0.15) is 0 Å². The van der Waals surface area contributed by atoms with Crippen LogP contribution in [-0.4, -0.2) is 18.7 Å². The smallest absolute Gasteiger partial charge is 0.338 e. The van der Waals surface area contributed by atoms with Gasteiger partial charge in [-0.3, -0.25) is 0 Å². The number of carbonyl (C=O) groups excluding carboxylic acids is 1. The summed E-state index contributed by atoms with van der Waals surface area (Å²) in [7, 11) is 0. The summed E-state index contributed by atoms with van der Waals surface area (Å²) in [6.07, 6.45) is -0.647. The average Bonchev–Trinajstić information content (AvgIpc) is 2.97. The molecule has 1 aliphatic heterocycles. The third-order valence-corrected chi connectivity index (χ3v) is 2.42. The Bertz CT molecular complexity index is 378. The van der Waals surface area contributed by atoms with Crippen LogP contribution in [0.1, 0.15) is 18.6 Å². The average molecular weight is 227 g/mol. The zero-order valence-corrected chi connectivity index (χ0v) is 9.03. The van der Waals surface area contributed by atoms with Crippen LogP contribution in [0.4, 0.5) is 0 Å². The van der Waals surface area contributed by atoms with Gasteiger partial charge in [0.2, 0.25) is 0 Å². The molecule has 3 nitrogen and oxygen atoms in total. The normalized spacial score (nSPS) is 23.6. The Morgan fingerprint density at radius 2 is 2.40 bits per heavy atom. The fraction of sp³-hybridized carbons (Fsp3) is 0.364. The van der Waals surface area contributed by atoms with Gasteiger partial charge in [0.15, 0.2) is 6.10 Å². The highest BCUT2D eigenvalue weighted by Crippen LogP contribution is 2.39. The molecule has 1 heterocycles. The summed E-state index contributed by atoms with van der Waals surface area (Å²) in [6, 6.07) is 7.30. The number of ether oxygens (including phenoxy) is 2. The van der Waals surface area contributed by atoms with E-state index in [-0.39, 0.29) is 12.1 Å². The minimum absolute atomic E-state index is 0.192. The van der Waals surface area contributed by atoms with Crippen LogP contribution in [-0.2, 0) is 14.3 Å². The van der Waals surface area contributed by atoms with Crippen molar-refractivity contribution in [1.82, 2.24) is 0 Å². The topological polar surface area (TPSA) is 38.8 Å².